The van der Waals surface area contributed by atoms with Gasteiger partial charge >= 0.3 is 0 Å². The first kappa shape index (κ1) is 11.9. The molecule has 17 heavy (non-hydrogen) atoms. The van der Waals surface area contributed by atoms with Gasteiger partial charge in [-0.15, -0.1) is 0 Å². The molecule has 1 heterocycles. The van der Waals surface area contributed by atoms with Crippen LogP contribution in [0.25, 0.3) is 0 Å². The Kier molecular flexibility index (Phi) is 3.28. The number of hydrogen-bond acceptors (Lipinski definition) is 3. The van der Waals surface area contributed by atoms with Crippen LogP contribution in [0.2, 0.25) is 0 Å². The monoisotopic (exact) mass is 249 g/mol. The van der Waals surface area contributed by atoms with E-state index in [0.717, 1.165) is 16.0 Å². The molecule has 1 aromatic carbocycles. The molecule has 2 rings (SSSR count). The molecule has 0 aliphatic carbocycles. The van der Waals surface area contributed by atoms with Gasteiger partial charge in [-0.3, -0.25) is 8.89 Å². The Balaban J connectivity index is 2.22. The number of aromatic nitrogens is 2. The first-order chi connectivity index (χ1) is 8.06. The summed E-state index contributed by atoms with van der Waals surface area (Å²) >= 11 is 0. The molecule has 1 unspecified atom stereocenters. The molecule has 0 saturated heterocycles. The number of anilines is 1. The Morgan fingerprint density at radius 2 is 2.24 bits per heavy atom. The van der Waals surface area contributed by atoms with E-state index in [2.05, 4.69) is 5.10 Å². The van der Waals surface area contributed by atoms with Crippen LogP contribution in [0.15, 0.2) is 35.5 Å². The summed E-state index contributed by atoms with van der Waals surface area (Å²) in [6, 6.07) is 5.49. The lowest BCUT2D eigenvalue weighted by atomic mass is 10.2. The molecule has 1 atom stereocenters. The fraction of sp³-hybridized carbons (Fsp3) is 0.250. The minimum Gasteiger partial charge on any atom is -0.399 e. The van der Waals surface area contributed by atoms with Crippen LogP contribution in [0.3, 0.4) is 0 Å². The van der Waals surface area contributed by atoms with Crippen molar-refractivity contribution in [1.82, 2.24) is 9.78 Å². The van der Waals surface area contributed by atoms with Gasteiger partial charge in [-0.25, -0.2) is 0 Å². The maximum absolute atomic E-state index is 12.2. The van der Waals surface area contributed by atoms with Crippen LogP contribution >= 0.6 is 0 Å². The van der Waals surface area contributed by atoms with Gasteiger partial charge in [-0.2, -0.15) is 5.10 Å². The maximum Gasteiger partial charge on any atom is 0.0578 e. The van der Waals surface area contributed by atoms with Crippen LogP contribution in [0, 0.1) is 6.92 Å². The van der Waals surface area contributed by atoms with Gasteiger partial charge in [-0.05, 0) is 24.6 Å². The van der Waals surface area contributed by atoms with Crippen molar-refractivity contribution in [2.24, 2.45) is 7.05 Å². The maximum atomic E-state index is 12.2. The first-order valence-electron chi connectivity index (χ1n) is 5.28. The Labute approximate surface area is 103 Å². The Morgan fingerprint density at radius 1 is 1.47 bits per heavy atom. The van der Waals surface area contributed by atoms with Crippen molar-refractivity contribution in [2.75, 3.05) is 5.73 Å². The summed E-state index contributed by atoms with van der Waals surface area (Å²) in [6.07, 6.45) is 3.61. The van der Waals surface area contributed by atoms with Gasteiger partial charge < -0.3 is 5.73 Å². The smallest absolute Gasteiger partial charge is 0.0578 e. The van der Waals surface area contributed by atoms with Crippen molar-refractivity contribution >= 4 is 16.5 Å². The fourth-order valence-corrected chi connectivity index (χ4v) is 2.94. The number of rotatable bonds is 3. The molecular weight excluding hydrogens is 234 g/mol. The third-order valence-electron chi connectivity index (χ3n) is 2.51. The predicted molar refractivity (Wildman–Crippen MR) is 68.9 cm³/mol. The highest BCUT2D eigenvalue weighted by Gasteiger charge is 2.09. The van der Waals surface area contributed by atoms with Crippen LogP contribution in [-0.4, -0.2) is 14.0 Å². The molecule has 0 bridgehead atoms. The Bertz CT molecular complexity index is 563. The molecule has 4 nitrogen and oxygen atoms in total. The van der Waals surface area contributed by atoms with Crippen molar-refractivity contribution in [1.29, 1.82) is 0 Å². The van der Waals surface area contributed by atoms with Crippen LogP contribution in [-0.2, 0) is 23.6 Å². The number of aryl methyl sites for hydroxylation is 2. The highest BCUT2D eigenvalue weighted by Crippen LogP contribution is 2.19. The molecule has 0 fully saturated rings. The third-order valence-corrected chi connectivity index (χ3v) is 4.04. The molecular formula is C12H15N3OS. The lowest BCUT2D eigenvalue weighted by molar-refractivity contribution is 0.682. The van der Waals surface area contributed by atoms with Crippen molar-refractivity contribution in [3.63, 3.8) is 0 Å². The molecule has 0 amide bonds. The lowest BCUT2D eigenvalue weighted by Crippen LogP contribution is -1.99. The molecule has 0 aliphatic rings. The van der Waals surface area contributed by atoms with Crippen molar-refractivity contribution in [3.8, 4) is 0 Å². The van der Waals surface area contributed by atoms with Gasteiger partial charge in [0.05, 0.1) is 22.7 Å². The number of benzene rings is 1. The molecule has 1 aromatic heterocycles. The van der Waals surface area contributed by atoms with E-state index in [-0.39, 0.29) is 0 Å². The summed E-state index contributed by atoms with van der Waals surface area (Å²) in [5.74, 6) is 0.470. The van der Waals surface area contributed by atoms with E-state index in [4.69, 9.17) is 5.73 Å². The summed E-state index contributed by atoms with van der Waals surface area (Å²) in [5, 5.41) is 4.06. The van der Waals surface area contributed by atoms with Gasteiger partial charge in [-0.1, -0.05) is 6.07 Å². The fourth-order valence-electron chi connectivity index (χ4n) is 1.64. The number of nitrogens with two attached hydrogens (primary N) is 1. The van der Waals surface area contributed by atoms with E-state index < -0.39 is 10.8 Å². The molecule has 0 saturated carbocycles. The Morgan fingerprint density at radius 3 is 2.88 bits per heavy atom. The topological polar surface area (TPSA) is 60.9 Å². The minimum absolute atomic E-state index is 0.470. The molecule has 2 aromatic rings. The predicted octanol–water partition coefficient (Wildman–Crippen LogP) is 1.62. The molecule has 2 N–H and O–H groups in total. The first-order valence-corrected chi connectivity index (χ1v) is 6.60. The zero-order valence-electron chi connectivity index (χ0n) is 9.88. The van der Waals surface area contributed by atoms with Gasteiger partial charge in [0.25, 0.3) is 0 Å². The zero-order valence-corrected chi connectivity index (χ0v) is 10.7. The van der Waals surface area contributed by atoms with E-state index in [1.165, 1.54) is 0 Å². The average Bonchev–Trinajstić information content (AvgIpc) is 2.67. The van der Waals surface area contributed by atoms with Gasteiger partial charge in [0.1, 0.15) is 0 Å². The van der Waals surface area contributed by atoms with Crippen LogP contribution in [0.1, 0.15) is 11.1 Å². The molecule has 5 heteroatoms. The van der Waals surface area contributed by atoms with Crippen LogP contribution in [0.4, 0.5) is 5.69 Å². The third kappa shape index (κ3) is 2.74. The Hall–Kier alpha value is -1.62. The highest BCUT2D eigenvalue weighted by molar-refractivity contribution is 7.84. The highest BCUT2D eigenvalue weighted by atomic mass is 32.2. The van der Waals surface area contributed by atoms with Crippen molar-refractivity contribution in [2.45, 2.75) is 17.6 Å². The van der Waals surface area contributed by atoms with Gasteiger partial charge in [0.15, 0.2) is 0 Å². The second kappa shape index (κ2) is 4.71. The summed E-state index contributed by atoms with van der Waals surface area (Å²) in [4.78, 5) is 0.800. The van der Waals surface area contributed by atoms with E-state index >= 15 is 0 Å². The van der Waals surface area contributed by atoms with Gasteiger partial charge in [0, 0.05) is 29.4 Å². The SMILES string of the molecule is Cc1ccc(N)cc1S(=O)Cc1cnn(C)c1. The summed E-state index contributed by atoms with van der Waals surface area (Å²) in [7, 11) is 0.769. The zero-order chi connectivity index (χ0) is 12.4. The normalized spacial score (nSPS) is 12.6. The van der Waals surface area contributed by atoms with E-state index in [1.807, 2.05) is 32.3 Å². The van der Waals surface area contributed by atoms with E-state index in [0.29, 0.717) is 11.4 Å². The number of nitrogens with zero attached hydrogens (tertiary/aromatic N) is 2. The van der Waals surface area contributed by atoms with Gasteiger partial charge in [0.2, 0.25) is 0 Å². The minimum atomic E-state index is -1.08. The van der Waals surface area contributed by atoms with Crippen molar-refractivity contribution in [3.05, 3.63) is 41.7 Å². The molecule has 90 valence electrons. The number of nitrogen functional groups attached to an aromatic ring is 1. The van der Waals surface area contributed by atoms with Crippen LogP contribution < -0.4 is 5.73 Å². The number of hydrogen-bond donors (Lipinski definition) is 1. The average molecular weight is 249 g/mol. The molecule has 0 radical (unpaired) electrons. The standard InChI is InChI=1S/C12H15N3OS/c1-9-3-4-11(13)5-12(9)17(16)8-10-6-14-15(2)7-10/h3-7H,8,13H2,1-2H3. The van der Waals surface area contributed by atoms with Crippen LogP contribution in [0.5, 0.6) is 0 Å². The largest absolute Gasteiger partial charge is 0.399 e. The van der Waals surface area contributed by atoms with E-state index in [9.17, 15) is 4.21 Å². The summed E-state index contributed by atoms with van der Waals surface area (Å²) in [5.41, 5.74) is 8.32. The van der Waals surface area contributed by atoms with E-state index in [1.54, 1.807) is 16.9 Å². The van der Waals surface area contributed by atoms with Crippen molar-refractivity contribution < 1.29 is 4.21 Å². The summed E-state index contributed by atoms with van der Waals surface area (Å²) in [6.45, 7) is 1.94. The molecule has 0 aliphatic heterocycles. The quantitative estimate of drug-likeness (QED) is 0.841. The second-order valence-corrected chi connectivity index (χ2v) is 5.46. The summed E-state index contributed by atoms with van der Waals surface area (Å²) < 4.78 is 13.9. The molecule has 0 spiro atoms. The second-order valence-electron chi connectivity index (χ2n) is 4.04. The lowest BCUT2D eigenvalue weighted by Gasteiger charge is -2.05.